The molecule has 0 radical (unpaired) electrons. The van der Waals surface area contributed by atoms with E-state index in [1.165, 1.54) is 17.8 Å². The van der Waals surface area contributed by atoms with Crippen molar-refractivity contribution in [3.05, 3.63) is 16.9 Å². The van der Waals surface area contributed by atoms with Gasteiger partial charge >= 0.3 is 0 Å². The average Bonchev–Trinajstić information content (AvgIpc) is 2.03. The van der Waals surface area contributed by atoms with Crippen LogP contribution in [0.2, 0.25) is 5.15 Å². The van der Waals surface area contributed by atoms with E-state index in [9.17, 15) is 4.79 Å². The zero-order valence-corrected chi connectivity index (χ0v) is 7.82. The second-order valence-electron chi connectivity index (χ2n) is 1.93. The summed E-state index contributed by atoms with van der Waals surface area (Å²) in [5, 5.41) is 0.666. The van der Waals surface area contributed by atoms with Gasteiger partial charge in [0, 0.05) is 6.07 Å². The van der Waals surface area contributed by atoms with E-state index in [1.807, 2.05) is 0 Å². The van der Waals surface area contributed by atoms with Gasteiger partial charge < -0.3 is 5.73 Å². The number of halogens is 1. The van der Waals surface area contributed by atoms with Gasteiger partial charge in [0.05, 0.1) is 0 Å². The number of rotatable bonds is 2. The molecule has 0 aliphatic carbocycles. The molecule has 4 nitrogen and oxygen atoms in total. The molecule has 12 heavy (non-hydrogen) atoms. The normalized spacial score (nSPS) is 9.83. The Kier molecular flexibility index (Phi) is 2.88. The summed E-state index contributed by atoms with van der Waals surface area (Å²) in [7, 11) is 0. The molecular weight excluding hydrogens is 198 g/mol. The van der Waals surface area contributed by atoms with E-state index in [4.69, 9.17) is 17.3 Å². The minimum absolute atomic E-state index is 0.138. The third-order valence-corrected chi connectivity index (χ3v) is 1.85. The maximum atomic E-state index is 10.7. The summed E-state index contributed by atoms with van der Waals surface area (Å²) in [5.41, 5.74) is 5.15. The number of primary amides is 1. The van der Waals surface area contributed by atoms with E-state index in [2.05, 4.69) is 9.97 Å². The van der Waals surface area contributed by atoms with Crippen LogP contribution in [0.3, 0.4) is 0 Å². The number of amides is 1. The van der Waals surface area contributed by atoms with Gasteiger partial charge in [-0.1, -0.05) is 23.4 Å². The van der Waals surface area contributed by atoms with Gasteiger partial charge in [0.15, 0.2) is 5.16 Å². The summed E-state index contributed by atoms with van der Waals surface area (Å²) in [6, 6.07) is 1.34. The van der Waals surface area contributed by atoms with Gasteiger partial charge in [-0.2, -0.15) is 0 Å². The highest BCUT2D eigenvalue weighted by molar-refractivity contribution is 7.98. The van der Waals surface area contributed by atoms with Crippen LogP contribution in [0.25, 0.3) is 0 Å². The van der Waals surface area contributed by atoms with Crippen molar-refractivity contribution in [2.45, 2.75) is 5.16 Å². The summed E-state index contributed by atoms with van der Waals surface area (Å²) in [6.07, 6.45) is 1.79. The Morgan fingerprint density at radius 1 is 1.67 bits per heavy atom. The minimum Gasteiger partial charge on any atom is -0.364 e. The minimum atomic E-state index is -0.602. The van der Waals surface area contributed by atoms with Crippen LogP contribution in [-0.2, 0) is 0 Å². The Balaban J connectivity index is 3.15. The van der Waals surface area contributed by atoms with Crippen molar-refractivity contribution in [1.29, 1.82) is 0 Å². The lowest BCUT2D eigenvalue weighted by Crippen LogP contribution is -2.13. The van der Waals surface area contributed by atoms with Crippen LogP contribution in [-0.4, -0.2) is 22.1 Å². The third-order valence-electron chi connectivity index (χ3n) is 1.11. The molecule has 0 saturated carbocycles. The number of hydrogen-bond donors (Lipinski definition) is 1. The largest absolute Gasteiger partial charge is 0.364 e. The highest BCUT2D eigenvalue weighted by atomic mass is 35.5. The van der Waals surface area contributed by atoms with Crippen molar-refractivity contribution in [2.75, 3.05) is 6.26 Å². The first-order valence-corrected chi connectivity index (χ1v) is 4.62. The lowest BCUT2D eigenvalue weighted by atomic mass is 10.4. The van der Waals surface area contributed by atoms with Gasteiger partial charge in [0.25, 0.3) is 5.91 Å². The first-order chi connectivity index (χ1) is 5.63. The molecule has 6 heteroatoms. The second kappa shape index (κ2) is 3.73. The number of aromatic nitrogens is 2. The Hall–Kier alpha value is -0.810. The molecular formula is C6H6ClN3OS. The molecule has 2 N–H and O–H groups in total. The molecule has 0 atom stereocenters. The molecule has 1 heterocycles. The first-order valence-electron chi connectivity index (χ1n) is 3.02. The molecule has 0 aromatic carbocycles. The smallest absolute Gasteiger partial charge is 0.267 e. The first kappa shape index (κ1) is 9.28. The number of hydrogen-bond acceptors (Lipinski definition) is 4. The standard InChI is InChI=1S/C6H6ClN3OS/c1-12-6-9-3(5(8)11)2-4(7)10-6/h2H,1H3,(H2,8,11). The fourth-order valence-corrected chi connectivity index (χ4v) is 1.23. The number of thioether (sulfide) groups is 1. The summed E-state index contributed by atoms with van der Waals surface area (Å²) < 4.78 is 0. The Labute approximate surface area is 78.5 Å². The maximum absolute atomic E-state index is 10.7. The van der Waals surface area contributed by atoms with Crippen LogP contribution in [0.4, 0.5) is 0 Å². The Bertz CT molecular complexity index is 318. The van der Waals surface area contributed by atoms with Gasteiger partial charge in [-0.15, -0.1) is 0 Å². The molecule has 0 bridgehead atoms. The van der Waals surface area contributed by atoms with Crippen molar-refractivity contribution in [2.24, 2.45) is 5.73 Å². The van der Waals surface area contributed by atoms with Crippen molar-refractivity contribution in [3.63, 3.8) is 0 Å². The molecule has 0 spiro atoms. The van der Waals surface area contributed by atoms with Crippen molar-refractivity contribution in [1.82, 2.24) is 9.97 Å². The lowest BCUT2D eigenvalue weighted by molar-refractivity contribution is 0.0994. The average molecular weight is 204 g/mol. The van der Waals surface area contributed by atoms with Gasteiger partial charge in [0.1, 0.15) is 10.8 Å². The lowest BCUT2D eigenvalue weighted by Gasteiger charge is -1.98. The van der Waals surface area contributed by atoms with E-state index in [-0.39, 0.29) is 10.8 Å². The molecule has 0 aliphatic heterocycles. The van der Waals surface area contributed by atoms with E-state index < -0.39 is 5.91 Å². The van der Waals surface area contributed by atoms with E-state index >= 15 is 0 Å². The summed E-state index contributed by atoms with van der Waals surface area (Å²) in [5.74, 6) is -0.602. The maximum Gasteiger partial charge on any atom is 0.267 e. The van der Waals surface area contributed by atoms with Crippen LogP contribution < -0.4 is 5.73 Å². The molecule has 0 unspecified atom stereocenters. The molecule has 1 aromatic rings. The van der Waals surface area contributed by atoms with Gasteiger partial charge in [-0.05, 0) is 6.26 Å². The zero-order chi connectivity index (χ0) is 9.14. The molecule has 1 aromatic heterocycles. The monoisotopic (exact) mass is 203 g/mol. The van der Waals surface area contributed by atoms with Crippen LogP contribution >= 0.6 is 23.4 Å². The number of nitrogens with two attached hydrogens (primary N) is 1. The third kappa shape index (κ3) is 2.09. The van der Waals surface area contributed by atoms with Gasteiger partial charge in [-0.25, -0.2) is 9.97 Å². The summed E-state index contributed by atoms with van der Waals surface area (Å²) in [6.45, 7) is 0. The molecule has 1 amide bonds. The van der Waals surface area contributed by atoms with Crippen LogP contribution in [0.1, 0.15) is 10.5 Å². The van der Waals surface area contributed by atoms with Crippen molar-refractivity contribution in [3.8, 4) is 0 Å². The van der Waals surface area contributed by atoms with Crippen molar-refractivity contribution >= 4 is 29.3 Å². The molecule has 0 aliphatic rings. The van der Waals surface area contributed by atoms with E-state index in [0.717, 1.165) is 0 Å². The predicted octanol–water partition coefficient (Wildman–Crippen LogP) is 0.951. The highest BCUT2D eigenvalue weighted by Crippen LogP contribution is 2.13. The van der Waals surface area contributed by atoms with E-state index in [0.29, 0.717) is 5.16 Å². The fourth-order valence-electron chi connectivity index (χ4n) is 0.614. The summed E-state index contributed by atoms with van der Waals surface area (Å²) in [4.78, 5) is 18.4. The van der Waals surface area contributed by atoms with Gasteiger partial charge in [-0.3, -0.25) is 4.79 Å². The Morgan fingerprint density at radius 2 is 2.33 bits per heavy atom. The Morgan fingerprint density at radius 3 is 2.83 bits per heavy atom. The summed E-state index contributed by atoms with van der Waals surface area (Å²) >= 11 is 6.90. The van der Waals surface area contributed by atoms with Crippen molar-refractivity contribution < 1.29 is 4.79 Å². The van der Waals surface area contributed by atoms with Crippen LogP contribution in [0.5, 0.6) is 0 Å². The predicted molar refractivity (Wildman–Crippen MR) is 47.3 cm³/mol. The molecule has 64 valence electrons. The SMILES string of the molecule is CSc1nc(Cl)cc(C(N)=O)n1. The second-order valence-corrected chi connectivity index (χ2v) is 3.09. The van der Waals surface area contributed by atoms with Crippen LogP contribution in [0, 0.1) is 0 Å². The van der Waals surface area contributed by atoms with E-state index in [1.54, 1.807) is 6.26 Å². The number of carbonyl (C=O) groups excluding carboxylic acids is 1. The van der Waals surface area contributed by atoms with Gasteiger partial charge in [0.2, 0.25) is 0 Å². The fraction of sp³-hybridized carbons (Fsp3) is 0.167. The zero-order valence-electron chi connectivity index (χ0n) is 6.24. The quantitative estimate of drug-likeness (QED) is 0.442. The molecule has 0 saturated heterocycles. The highest BCUT2D eigenvalue weighted by Gasteiger charge is 2.06. The topological polar surface area (TPSA) is 68.9 Å². The van der Waals surface area contributed by atoms with Crippen LogP contribution in [0.15, 0.2) is 11.2 Å². The molecule has 0 fully saturated rings. The molecule has 1 rings (SSSR count). The number of carbonyl (C=O) groups is 1. The number of nitrogens with zero attached hydrogens (tertiary/aromatic N) is 2.